The summed E-state index contributed by atoms with van der Waals surface area (Å²) in [6.07, 6.45) is 0. The third-order valence-electron chi connectivity index (χ3n) is 3.87. The summed E-state index contributed by atoms with van der Waals surface area (Å²) in [7, 11) is -1.60. The molecule has 8 heteroatoms. The summed E-state index contributed by atoms with van der Waals surface area (Å²) in [5.74, 6) is -0.145. The highest BCUT2D eigenvalue weighted by molar-refractivity contribution is 8.16. The van der Waals surface area contributed by atoms with Crippen LogP contribution in [0.5, 0.6) is 0 Å². The highest BCUT2D eigenvalue weighted by atomic mass is 32.2. The predicted molar refractivity (Wildman–Crippen MR) is 91.8 cm³/mol. The zero-order valence-corrected chi connectivity index (χ0v) is 14.6. The molecule has 2 saturated heterocycles. The number of aliphatic imine (C=N–C) groups is 1. The SMILES string of the molecule is COCC(=O)N=C1S[C@@H]2CS(=O)(=O)C[C@H]2N1c1ccc(C)cc1. The molecule has 1 amide bonds. The quantitative estimate of drug-likeness (QED) is 0.813. The summed E-state index contributed by atoms with van der Waals surface area (Å²) in [6.45, 7) is 1.90. The number of amidine groups is 1. The Balaban J connectivity index is 1.97. The molecule has 0 unspecified atom stereocenters. The second kappa shape index (κ2) is 6.26. The number of benzene rings is 1. The number of anilines is 1. The summed E-state index contributed by atoms with van der Waals surface area (Å²) in [5, 5.41) is 0.469. The van der Waals surface area contributed by atoms with Gasteiger partial charge in [-0.05, 0) is 19.1 Å². The Morgan fingerprint density at radius 1 is 1.35 bits per heavy atom. The maximum Gasteiger partial charge on any atom is 0.274 e. The molecule has 0 N–H and O–H groups in total. The van der Waals surface area contributed by atoms with Gasteiger partial charge in [-0.15, -0.1) is 0 Å². The summed E-state index contributed by atoms with van der Waals surface area (Å²) in [6, 6.07) is 7.61. The van der Waals surface area contributed by atoms with E-state index < -0.39 is 9.84 Å². The lowest BCUT2D eigenvalue weighted by molar-refractivity contribution is -0.121. The molecule has 2 aliphatic rings. The fourth-order valence-electron chi connectivity index (χ4n) is 2.83. The number of carbonyl (C=O) groups is 1. The molecule has 2 heterocycles. The largest absolute Gasteiger partial charge is 0.375 e. The second-order valence-corrected chi connectivity index (χ2v) is 9.09. The molecule has 0 aliphatic carbocycles. The van der Waals surface area contributed by atoms with Crippen LogP contribution in [0.1, 0.15) is 5.56 Å². The Hall–Kier alpha value is -1.38. The first-order chi connectivity index (χ1) is 10.9. The first-order valence-electron chi connectivity index (χ1n) is 7.23. The molecule has 2 fully saturated rings. The van der Waals surface area contributed by atoms with Crippen molar-refractivity contribution in [2.45, 2.75) is 18.2 Å². The van der Waals surface area contributed by atoms with Crippen molar-refractivity contribution in [1.82, 2.24) is 0 Å². The van der Waals surface area contributed by atoms with E-state index in [2.05, 4.69) is 4.99 Å². The number of ether oxygens (including phenoxy) is 1. The van der Waals surface area contributed by atoms with Gasteiger partial charge in [0.1, 0.15) is 6.61 Å². The molecule has 0 saturated carbocycles. The van der Waals surface area contributed by atoms with Crippen LogP contribution in [-0.2, 0) is 19.4 Å². The minimum absolute atomic E-state index is 0.0839. The van der Waals surface area contributed by atoms with Crippen LogP contribution in [0, 0.1) is 6.92 Å². The number of hydrogen-bond acceptors (Lipinski definition) is 5. The van der Waals surface area contributed by atoms with Crippen LogP contribution in [-0.4, -0.2) is 56.0 Å². The first-order valence-corrected chi connectivity index (χ1v) is 9.93. The van der Waals surface area contributed by atoms with Gasteiger partial charge in [0.2, 0.25) is 0 Å². The maximum absolute atomic E-state index is 11.9. The molecule has 2 atom stereocenters. The number of thioether (sulfide) groups is 1. The maximum atomic E-state index is 11.9. The fraction of sp³-hybridized carbons (Fsp3) is 0.467. The first kappa shape index (κ1) is 16.5. The number of sulfone groups is 1. The van der Waals surface area contributed by atoms with Gasteiger partial charge in [0.25, 0.3) is 5.91 Å². The van der Waals surface area contributed by atoms with E-state index >= 15 is 0 Å². The van der Waals surface area contributed by atoms with Gasteiger partial charge in [0.15, 0.2) is 15.0 Å². The van der Waals surface area contributed by atoms with Crippen LogP contribution < -0.4 is 4.90 Å². The minimum Gasteiger partial charge on any atom is -0.375 e. The number of aryl methyl sites for hydroxylation is 1. The Kier molecular flexibility index (Phi) is 4.48. The van der Waals surface area contributed by atoms with E-state index in [1.165, 1.54) is 18.9 Å². The molecule has 1 aromatic carbocycles. The standard InChI is InChI=1S/C15H18N2O4S2/c1-10-3-5-11(6-4-10)17-12-8-23(19,20)9-13(12)22-15(17)16-14(18)7-21-2/h3-6,12-13H,7-9H2,1-2H3/t12-,13-/m1/s1. The molecule has 6 nitrogen and oxygen atoms in total. The van der Waals surface area contributed by atoms with E-state index in [1.54, 1.807) is 0 Å². The van der Waals surface area contributed by atoms with Crippen molar-refractivity contribution in [2.75, 3.05) is 30.1 Å². The highest BCUT2D eigenvalue weighted by Crippen LogP contribution is 2.40. The van der Waals surface area contributed by atoms with Crippen molar-refractivity contribution in [2.24, 2.45) is 4.99 Å². The van der Waals surface area contributed by atoms with Crippen molar-refractivity contribution < 1.29 is 17.9 Å². The molecule has 3 rings (SSSR count). The van der Waals surface area contributed by atoms with Gasteiger partial charge >= 0.3 is 0 Å². The van der Waals surface area contributed by atoms with Gasteiger partial charge in [-0.3, -0.25) is 4.79 Å². The van der Waals surface area contributed by atoms with E-state index in [-0.39, 0.29) is 35.3 Å². The summed E-state index contributed by atoms with van der Waals surface area (Å²) >= 11 is 1.37. The zero-order chi connectivity index (χ0) is 16.6. The van der Waals surface area contributed by atoms with Gasteiger partial charge in [-0.1, -0.05) is 29.5 Å². The number of methoxy groups -OCH3 is 1. The van der Waals surface area contributed by atoms with Crippen LogP contribution in [0.15, 0.2) is 29.3 Å². The summed E-state index contributed by atoms with van der Waals surface area (Å²) in [5.41, 5.74) is 1.97. The molecule has 1 aromatic rings. The molecule has 124 valence electrons. The van der Waals surface area contributed by atoms with Gasteiger partial charge in [-0.25, -0.2) is 8.42 Å². The van der Waals surface area contributed by atoms with Gasteiger partial charge in [-0.2, -0.15) is 4.99 Å². The molecular formula is C15H18N2O4S2. The van der Waals surface area contributed by atoms with Crippen molar-refractivity contribution in [3.05, 3.63) is 29.8 Å². The lowest BCUT2D eigenvalue weighted by Gasteiger charge is -2.24. The molecule has 23 heavy (non-hydrogen) atoms. The van der Waals surface area contributed by atoms with Crippen LogP contribution in [0.25, 0.3) is 0 Å². The zero-order valence-electron chi connectivity index (χ0n) is 12.9. The lowest BCUT2D eigenvalue weighted by Crippen LogP contribution is -2.37. The number of carbonyl (C=O) groups excluding carboxylic acids is 1. The fourth-order valence-corrected chi connectivity index (χ4v) is 6.77. The normalized spacial score (nSPS) is 27.4. The van der Waals surface area contributed by atoms with E-state index in [0.29, 0.717) is 5.17 Å². The van der Waals surface area contributed by atoms with E-state index in [0.717, 1.165) is 11.3 Å². The van der Waals surface area contributed by atoms with Gasteiger partial charge in [0.05, 0.1) is 17.5 Å². The number of fused-ring (bicyclic) bond motifs is 1. The molecule has 0 aromatic heterocycles. The smallest absolute Gasteiger partial charge is 0.274 e. The average molecular weight is 354 g/mol. The monoisotopic (exact) mass is 354 g/mol. The topological polar surface area (TPSA) is 76.0 Å². The van der Waals surface area contributed by atoms with Crippen molar-refractivity contribution in [1.29, 1.82) is 0 Å². The Bertz CT molecular complexity index is 743. The van der Waals surface area contributed by atoms with E-state index in [1.807, 2.05) is 36.1 Å². The van der Waals surface area contributed by atoms with Crippen LogP contribution in [0.4, 0.5) is 5.69 Å². The number of hydrogen-bond donors (Lipinski definition) is 0. The lowest BCUT2D eigenvalue weighted by atomic mass is 10.1. The van der Waals surface area contributed by atoms with Gasteiger partial charge in [0, 0.05) is 18.0 Å². The van der Waals surface area contributed by atoms with Gasteiger partial charge < -0.3 is 9.64 Å². The number of rotatable bonds is 3. The summed E-state index contributed by atoms with van der Waals surface area (Å²) < 4.78 is 28.7. The molecule has 0 bridgehead atoms. The predicted octanol–water partition coefficient (Wildman–Crippen LogP) is 1.24. The average Bonchev–Trinajstić information content (AvgIpc) is 2.91. The third kappa shape index (κ3) is 3.44. The summed E-state index contributed by atoms with van der Waals surface area (Å²) in [4.78, 5) is 17.8. The van der Waals surface area contributed by atoms with Crippen LogP contribution >= 0.6 is 11.8 Å². The van der Waals surface area contributed by atoms with Crippen molar-refractivity contribution in [3.63, 3.8) is 0 Å². The minimum atomic E-state index is -3.04. The highest BCUT2D eigenvalue weighted by Gasteiger charge is 2.49. The van der Waals surface area contributed by atoms with E-state index in [4.69, 9.17) is 4.74 Å². The van der Waals surface area contributed by atoms with Crippen molar-refractivity contribution in [3.8, 4) is 0 Å². The van der Waals surface area contributed by atoms with Crippen LogP contribution in [0.2, 0.25) is 0 Å². The van der Waals surface area contributed by atoms with Crippen LogP contribution in [0.3, 0.4) is 0 Å². The van der Waals surface area contributed by atoms with Crippen molar-refractivity contribution >= 4 is 38.4 Å². The van der Waals surface area contributed by atoms with E-state index in [9.17, 15) is 13.2 Å². The Labute approximate surface area is 139 Å². The molecular weight excluding hydrogens is 336 g/mol. The second-order valence-electron chi connectivity index (χ2n) is 5.73. The number of amides is 1. The Morgan fingerprint density at radius 2 is 2.04 bits per heavy atom. The molecule has 0 spiro atoms. The third-order valence-corrected chi connectivity index (χ3v) is 7.08. The molecule has 2 aliphatic heterocycles. The molecule has 0 radical (unpaired) electrons. The Morgan fingerprint density at radius 3 is 2.70 bits per heavy atom. The number of nitrogens with zero attached hydrogens (tertiary/aromatic N) is 2.